The lowest BCUT2D eigenvalue weighted by Gasteiger charge is -2.58. The molecule has 1 aliphatic heterocycles. The number of ether oxygens (including phenoxy) is 2. The second kappa shape index (κ2) is 10.2. The quantitative estimate of drug-likeness (QED) is 0.375. The van der Waals surface area contributed by atoms with E-state index in [1.807, 2.05) is 6.08 Å². The summed E-state index contributed by atoms with van der Waals surface area (Å²) >= 11 is 0. The highest BCUT2D eigenvalue weighted by Crippen LogP contribution is 2.70. The summed E-state index contributed by atoms with van der Waals surface area (Å²) in [6.07, 6.45) is 10.6. The fourth-order valence-corrected chi connectivity index (χ4v) is 8.62. The Bertz CT molecular complexity index is 1100. The number of allylic oxidation sites excluding steroid dienone is 3. The number of fused-ring (bicyclic) bond motifs is 3. The molecule has 1 saturated carbocycles. The molecule has 1 heterocycles. The summed E-state index contributed by atoms with van der Waals surface area (Å²) in [5.74, 6) is -1.33. The van der Waals surface area contributed by atoms with Crippen LogP contribution in [0.2, 0.25) is 0 Å². The van der Waals surface area contributed by atoms with Gasteiger partial charge in [-0.1, -0.05) is 39.0 Å². The first-order valence-electron chi connectivity index (χ1n) is 14.4. The maximum absolute atomic E-state index is 12.3. The van der Waals surface area contributed by atoms with E-state index < -0.39 is 23.0 Å². The third kappa shape index (κ3) is 4.89. The second-order valence-corrected chi connectivity index (χ2v) is 13.5. The van der Waals surface area contributed by atoms with E-state index in [-0.39, 0.29) is 54.2 Å². The van der Waals surface area contributed by atoms with Gasteiger partial charge in [-0.3, -0.25) is 9.59 Å². The molecule has 0 spiro atoms. The zero-order valence-electron chi connectivity index (χ0n) is 24.6. The van der Waals surface area contributed by atoms with Crippen molar-refractivity contribution in [1.82, 2.24) is 0 Å². The van der Waals surface area contributed by atoms with E-state index in [1.165, 1.54) is 12.5 Å². The number of carbonyl (C=O) groups is 3. The van der Waals surface area contributed by atoms with Crippen LogP contribution in [0.25, 0.3) is 0 Å². The largest absolute Gasteiger partial charge is 0.481 e. The highest BCUT2D eigenvalue weighted by atomic mass is 16.5. The molecule has 39 heavy (non-hydrogen) atoms. The Kier molecular flexibility index (Phi) is 7.74. The Balaban J connectivity index is 1.77. The molecule has 7 atom stereocenters. The van der Waals surface area contributed by atoms with Gasteiger partial charge in [0.25, 0.3) is 0 Å². The average molecular weight is 543 g/mol. The molecule has 0 bridgehead atoms. The Morgan fingerprint density at radius 2 is 1.87 bits per heavy atom. The smallest absolute Gasteiger partial charge is 0.333 e. The number of carbonyl (C=O) groups excluding carboxylic acids is 2. The van der Waals surface area contributed by atoms with Gasteiger partial charge < -0.3 is 19.7 Å². The zero-order chi connectivity index (χ0) is 29.0. The topological polar surface area (TPSA) is 110 Å². The number of carboxylic acids is 1. The third-order valence-corrected chi connectivity index (χ3v) is 11.0. The summed E-state index contributed by atoms with van der Waals surface area (Å²) in [5.41, 5.74) is 0.736. The van der Waals surface area contributed by atoms with Crippen molar-refractivity contribution in [2.24, 2.45) is 34.0 Å². The van der Waals surface area contributed by atoms with Crippen molar-refractivity contribution < 1.29 is 34.1 Å². The van der Waals surface area contributed by atoms with Crippen LogP contribution < -0.4 is 0 Å². The Hall–Kier alpha value is -2.41. The molecule has 0 aromatic heterocycles. The summed E-state index contributed by atoms with van der Waals surface area (Å²) < 4.78 is 11.5. The van der Waals surface area contributed by atoms with Crippen LogP contribution in [-0.2, 0) is 23.9 Å². The van der Waals surface area contributed by atoms with Gasteiger partial charge in [0.2, 0.25) is 0 Å². The van der Waals surface area contributed by atoms with Crippen molar-refractivity contribution in [3.8, 4) is 0 Å². The van der Waals surface area contributed by atoms with Crippen LogP contribution >= 0.6 is 0 Å². The van der Waals surface area contributed by atoms with E-state index >= 15 is 0 Å². The van der Waals surface area contributed by atoms with E-state index in [1.54, 1.807) is 20.8 Å². The second-order valence-electron chi connectivity index (χ2n) is 13.5. The summed E-state index contributed by atoms with van der Waals surface area (Å²) in [6.45, 7) is 13.6. The molecule has 4 rings (SSSR count). The van der Waals surface area contributed by atoms with Gasteiger partial charge in [0.1, 0.15) is 12.7 Å². The molecule has 3 aliphatic carbocycles. The minimum absolute atomic E-state index is 0.0454. The van der Waals surface area contributed by atoms with Crippen LogP contribution in [0.4, 0.5) is 0 Å². The summed E-state index contributed by atoms with van der Waals surface area (Å²) in [7, 11) is 0. The highest BCUT2D eigenvalue weighted by molar-refractivity contribution is 5.88. The molecule has 1 fully saturated rings. The predicted molar refractivity (Wildman–Crippen MR) is 147 cm³/mol. The van der Waals surface area contributed by atoms with Gasteiger partial charge in [-0.2, -0.15) is 0 Å². The number of hydrogen-bond acceptors (Lipinski definition) is 6. The van der Waals surface area contributed by atoms with Gasteiger partial charge >= 0.3 is 17.9 Å². The molecule has 0 saturated heterocycles. The van der Waals surface area contributed by atoms with Gasteiger partial charge in [0, 0.05) is 36.7 Å². The molecule has 0 aromatic rings. The molecule has 0 amide bonds. The van der Waals surface area contributed by atoms with E-state index in [4.69, 9.17) is 9.47 Å². The lowest BCUT2D eigenvalue weighted by Crippen LogP contribution is -2.54. The van der Waals surface area contributed by atoms with Crippen LogP contribution in [-0.4, -0.2) is 46.4 Å². The van der Waals surface area contributed by atoms with Crippen molar-refractivity contribution in [3.05, 3.63) is 34.9 Å². The molecular formula is C32H46O7. The molecule has 0 aromatic carbocycles. The lowest BCUT2D eigenvalue weighted by atomic mass is 9.47. The molecular weight excluding hydrogens is 496 g/mol. The molecule has 4 aliphatic rings. The minimum atomic E-state index is -1.10. The molecule has 0 unspecified atom stereocenters. The van der Waals surface area contributed by atoms with Crippen molar-refractivity contribution in [2.45, 2.75) is 105 Å². The third-order valence-electron chi connectivity index (χ3n) is 11.0. The van der Waals surface area contributed by atoms with Gasteiger partial charge in [-0.15, -0.1) is 0 Å². The highest BCUT2D eigenvalue weighted by Gasteiger charge is 2.63. The van der Waals surface area contributed by atoms with E-state index in [2.05, 4.69) is 32.9 Å². The van der Waals surface area contributed by atoms with E-state index in [0.29, 0.717) is 17.9 Å². The van der Waals surface area contributed by atoms with Gasteiger partial charge in [0.15, 0.2) is 0 Å². The van der Waals surface area contributed by atoms with Crippen molar-refractivity contribution in [2.75, 3.05) is 6.61 Å². The molecule has 0 radical (unpaired) electrons. The molecule has 216 valence electrons. The first kappa shape index (κ1) is 29.6. The van der Waals surface area contributed by atoms with Crippen LogP contribution in [0.1, 0.15) is 93.4 Å². The number of esters is 2. The Morgan fingerprint density at radius 1 is 1.18 bits per heavy atom. The van der Waals surface area contributed by atoms with E-state index in [0.717, 1.165) is 31.3 Å². The fraction of sp³-hybridized carbons (Fsp3) is 0.719. The number of hydrogen-bond donors (Lipinski definition) is 2. The van der Waals surface area contributed by atoms with Crippen molar-refractivity contribution in [3.63, 3.8) is 0 Å². The maximum Gasteiger partial charge on any atom is 0.333 e. The molecule has 7 heteroatoms. The zero-order valence-corrected chi connectivity index (χ0v) is 24.6. The van der Waals surface area contributed by atoms with Gasteiger partial charge in [-0.25, -0.2) is 4.79 Å². The van der Waals surface area contributed by atoms with Gasteiger partial charge in [-0.05, 0) is 86.7 Å². The lowest BCUT2D eigenvalue weighted by molar-refractivity contribution is -0.150. The number of rotatable bonds is 8. The minimum Gasteiger partial charge on any atom is -0.481 e. The normalized spacial score (nSPS) is 37.0. The SMILES string of the molecule is CC(=O)OC[C@@]1(CCC(=O)O)C2=CC[C@]3(C)[C@@H]([C@H](C)[C@@H]4CC=C(C)C(=O)O4)CC[C@@]3(C)C2=CC[C@H]1C(C)(C)O. The Labute approximate surface area is 232 Å². The molecule has 2 N–H and O–H groups in total. The Morgan fingerprint density at radius 3 is 2.46 bits per heavy atom. The first-order chi connectivity index (χ1) is 18.1. The summed E-state index contributed by atoms with van der Waals surface area (Å²) in [5, 5.41) is 21.0. The number of carboxylic acid groups (broad SMARTS) is 1. The van der Waals surface area contributed by atoms with Crippen molar-refractivity contribution >= 4 is 17.9 Å². The van der Waals surface area contributed by atoms with Crippen molar-refractivity contribution in [1.29, 1.82) is 0 Å². The van der Waals surface area contributed by atoms with Crippen LogP contribution in [0.3, 0.4) is 0 Å². The van der Waals surface area contributed by atoms with Gasteiger partial charge in [0.05, 0.1) is 5.60 Å². The van der Waals surface area contributed by atoms with E-state index in [9.17, 15) is 24.6 Å². The summed E-state index contributed by atoms with van der Waals surface area (Å²) in [4.78, 5) is 36.2. The predicted octanol–water partition coefficient (Wildman–Crippen LogP) is 5.77. The average Bonchev–Trinajstić information content (AvgIpc) is 3.13. The maximum atomic E-state index is 12.3. The summed E-state index contributed by atoms with van der Waals surface area (Å²) in [6, 6.07) is 0. The monoisotopic (exact) mass is 542 g/mol. The standard InChI is InChI=1S/C32H46O7/c1-19-8-10-25(39-28(19)36)20(2)22-12-15-31(7)23-9-11-26(29(4,5)37)32(17-14-27(34)35,18-38-21(3)33)24(23)13-16-30(22,31)6/h8-9,13,20,22,25-26,37H,10-12,14-18H2,1-7H3,(H,34,35)/t20-,22+,25-,26-,30+,31-,32-/m0/s1. The molecule has 7 nitrogen and oxygen atoms in total. The number of aliphatic hydroxyl groups is 1. The van der Waals surface area contributed by atoms with Crippen LogP contribution in [0.5, 0.6) is 0 Å². The van der Waals surface area contributed by atoms with Crippen LogP contribution in [0, 0.1) is 34.0 Å². The first-order valence-corrected chi connectivity index (χ1v) is 14.4. The number of aliphatic carboxylic acids is 1. The fourth-order valence-electron chi connectivity index (χ4n) is 8.62. The number of cyclic esters (lactones) is 1. The van der Waals surface area contributed by atoms with Crippen LogP contribution in [0.15, 0.2) is 34.9 Å².